The standard InChI is InChI=1S/C14H15ClFNO3/c15-9-3-4-10(11(16)7-9)13(20)17-14(8-12(18)19)5-1-2-6-14/h3-4,7H,1-2,5-6,8H2,(H,17,20)(H,18,19). The summed E-state index contributed by atoms with van der Waals surface area (Å²) in [5.74, 6) is -2.27. The topological polar surface area (TPSA) is 66.4 Å². The van der Waals surface area contributed by atoms with E-state index in [4.69, 9.17) is 16.7 Å². The maximum atomic E-state index is 13.7. The molecule has 1 aromatic rings. The first kappa shape index (κ1) is 14.8. The molecule has 1 saturated carbocycles. The van der Waals surface area contributed by atoms with Crippen molar-refractivity contribution in [2.75, 3.05) is 0 Å². The lowest BCUT2D eigenvalue weighted by Gasteiger charge is -2.28. The average Bonchev–Trinajstić information content (AvgIpc) is 2.75. The summed E-state index contributed by atoms with van der Waals surface area (Å²) in [6.07, 6.45) is 2.77. The summed E-state index contributed by atoms with van der Waals surface area (Å²) in [6.45, 7) is 0. The highest BCUT2D eigenvalue weighted by molar-refractivity contribution is 6.30. The van der Waals surface area contributed by atoms with E-state index in [1.54, 1.807) is 0 Å². The van der Waals surface area contributed by atoms with Crippen LogP contribution < -0.4 is 5.32 Å². The maximum Gasteiger partial charge on any atom is 0.305 e. The second kappa shape index (κ2) is 5.79. The van der Waals surface area contributed by atoms with Gasteiger partial charge in [0, 0.05) is 5.02 Å². The predicted molar refractivity (Wildman–Crippen MR) is 72.3 cm³/mol. The summed E-state index contributed by atoms with van der Waals surface area (Å²) in [4.78, 5) is 23.1. The van der Waals surface area contributed by atoms with Crippen molar-refractivity contribution in [2.45, 2.75) is 37.6 Å². The van der Waals surface area contributed by atoms with Crippen molar-refractivity contribution in [3.63, 3.8) is 0 Å². The van der Waals surface area contributed by atoms with Crippen LogP contribution in [0.4, 0.5) is 4.39 Å². The van der Waals surface area contributed by atoms with E-state index in [1.165, 1.54) is 12.1 Å². The van der Waals surface area contributed by atoms with E-state index < -0.39 is 23.2 Å². The summed E-state index contributed by atoms with van der Waals surface area (Å²) < 4.78 is 13.7. The first-order chi connectivity index (χ1) is 9.42. The molecule has 0 radical (unpaired) electrons. The Morgan fingerprint density at radius 2 is 2.00 bits per heavy atom. The van der Waals surface area contributed by atoms with E-state index in [9.17, 15) is 14.0 Å². The molecule has 0 aliphatic heterocycles. The minimum atomic E-state index is -0.969. The van der Waals surface area contributed by atoms with Gasteiger partial charge >= 0.3 is 5.97 Å². The second-order valence-corrected chi connectivity index (χ2v) is 5.57. The van der Waals surface area contributed by atoms with E-state index in [1.807, 2.05) is 0 Å². The summed E-state index contributed by atoms with van der Waals surface area (Å²) in [5, 5.41) is 11.9. The quantitative estimate of drug-likeness (QED) is 0.898. The molecule has 0 heterocycles. The van der Waals surface area contributed by atoms with Gasteiger partial charge in [-0.2, -0.15) is 0 Å². The minimum Gasteiger partial charge on any atom is -0.481 e. The Labute approximate surface area is 120 Å². The number of carboxylic acid groups (broad SMARTS) is 1. The summed E-state index contributed by atoms with van der Waals surface area (Å²) in [6, 6.07) is 3.80. The molecule has 6 heteroatoms. The Hall–Kier alpha value is -1.62. The Bertz CT molecular complexity index is 541. The van der Waals surface area contributed by atoms with Gasteiger partial charge in [-0.3, -0.25) is 9.59 Å². The summed E-state index contributed by atoms with van der Waals surface area (Å²) in [7, 11) is 0. The molecule has 0 atom stereocenters. The van der Waals surface area contributed by atoms with E-state index in [0.29, 0.717) is 12.8 Å². The van der Waals surface area contributed by atoms with Crippen LogP contribution in [-0.2, 0) is 4.79 Å². The van der Waals surface area contributed by atoms with Crippen LogP contribution in [0.2, 0.25) is 5.02 Å². The summed E-state index contributed by atoms with van der Waals surface area (Å²) in [5.41, 5.74) is -0.888. The zero-order valence-corrected chi connectivity index (χ0v) is 11.5. The van der Waals surface area contributed by atoms with Gasteiger partial charge in [0.25, 0.3) is 5.91 Å². The number of nitrogens with one attached hydrogen (secondary N) is 1. The molecule has 0 spiro atoms. The number of carboxylic acids is 1. The minimum absolute atomic E-state index is 0.119. The molecule has 1 amide bonds. The van der Waals surface area contributed by atoms with Gasteiger partial charge in [0.1, 0.15) is 5.82 Å². The molecule has 0 aromatic heterocycles. The van der Waals surface area contributed by atoms with Crippen molar-refractivity contribution < 1.29 is 19.1 Å². The fraction of sp³-hybridized carbons (Fsp3) is 0.429. The van der Waals surface area contributed by atoms with E-state index in [0.717, 1.165) is 18.9 Å². The molecule has 20 heavy (non-hydrogen) atoms. The lowest BCUT2D eigenvalue weighted by molar-refractivity contribution is -0.138. The van der Waals surface area contributed by atoms with Gasteiger partial charge in [0.15, 0.2) is 0 Å². The highest BCUT2D eigenvalue weighted by Gasteiger charge is 2.37. The van der Waals surface area contributed by atoms with Crippen LogP contribution in [-0.4, -0.2) is 22.5 Å². The normalized spacial score (nSPS) is 16.9. The number of amides is 1. The van der Waals surface area contributed by atoms with Crippen LogP contribution >= 0.6 is 11.6 Å². The van der Waals surface area contributed by atoms with Crippen molar-refractivity contribution in [3.05, 3.63) is 34.6 Å². The molecule has 0 bridgehead atoms. The molecule has 4 nitrogen and oxygen atoms in total. The molecule has 108 valence electrons. The van der Waals surface area contributed by atoms with Crippen molar-refractivity contribution in [2.24, 2.45) is 0 Å². The van der Waals surface area contributed by atoms with Crippen molar-refractivity contribution >= 4 is 23.5 Å². The number of rotatable bonds is 4. The Morgan fingerprint density at radius 1 is 1.35 bits per heavy atom. The van der Waals surface area contributed by atoms with Gasteiger partial charge in [-0.25, -0.2) is 4.39 Å². The van der Waals surface area contributed by atoms with Crippen molar-refractivity contribution in [1.82, 2.24) is 5.32 Å². The van der Waals surface area contributed by atoms with E-state index >= 15 is 0 Å². The number of benzene rings is 1. The van der Waals surface area contributed by atoms with E-state index in [-0.39, 0.29) is 17.0 Å². The van der Waals surface area contributed by atoms with Crippen molar-refractivity contribution in [1.29, 1.82) is 0 Å². The number of carbonyl (C=O) groups excluding carboxylic acids is 1. The molecular weight excluding hydrogens is 285 g/mol. The first-order valence-corrected chi connectivity index (χ1v) is 6.79. The third-order valence-electron chi connectivity index (χ3n) is 3.60. The monoisotopic (exact) mass is 299 g/mol. The predicted octanol–water partition coefficient (Wildman–Crippen LogP) is 3.00. The second-order valence-electron chi connectivity index (χ2n) is 5.14. The number of aliphatic carboxylic acids is 1. The molecule has 2 rings (SSSR count). The molecule has 1 fully saturated rings. The zero-order chi connectivity index (χ0) is 14.8. The molecule has 0 saturated heterocycles. The largest absolute Gasteiger partial charge is 0.481 e. The third kappa shape index (κ3) is 3.28. The molecule has 1 aromatic carbocycles. The third-order valence-corrected chi connectivity index (χ3v) is 3.84. The highest BCUT2D eigenvalue weighted by atomic mass is 35.5. The fourth-order valence-corrected chi connectivity index (χ4v) is 2.83. The van der Waals surface area contributed by atoms with Crippen LogP contribution in [0, 0.1) is 5.82 Å². The number of carbonyl (C=O) groups is 2. The average molecular weight is 300 g/mol. The molecule has 2 N–H and O–H groups in total. The lowest BCUT2D eigenvalue weighted by Crippen LogP contribution is -2.48. The first-order valence-electron chi connectivity index (χ1n) is 6.41. The summed E-state index contributed by atoms with van der Waals surface area (Å²) >= 11 is 5.64. The number of hydrogen-bond donors (Lipinski definition) is 2. The van der Waals surface area contributed by atoms with E-state index in [2.05, 4.69) is 5.32 Å². The maximum absolute atomic E-state index is 13.7. The van der Waals surface area contributed by atoms with Gasteiger partial charge < -0.3 is 10.4 Å². The zero-order valence-electron chi connectivity index (χ0n) is 10.8. The van der Waals surface area contributed by atoms with Crippen molar-refractivity contribution in [3.8, 4) is 0 Å². The van der Waals surface area contributed by atoms with Gasteiger partial charge in [0.2, 0.25) is 0 Å². The van der Waals surface area contributed by atoms with Crippen LogP contribution in [0.1, 0.15) is 42.5 Å². The van der Waals surface area contributed by atoms with Gasteiger partial charge in [-0.15, -0.1) is 0 Å². The Balaban J connectivity index is 2.18. The van der Waals surface area contributed by atoms with Gasteiger partial charge in [-0.05, 0) is 31.0 Å². The highest BCUT2D eigenvalue weighted by Crippen LogP contribution is 2.33. The molecule has 1 aliphatic rings. The van der Waals surface area contributed by atoms with Gasteiger partial charge in [-0.1, -0.05) is 24.4 Å². The smallest absolute Gasteiger partial charge is 0.305 e. The number of halogens is 2. The van der Waals surface area contributed by atoms with Crippen LogP contribution in [0.3, 0.4) is 0 Å². The molecule has 1 aliphatic carbocycles. The lowest BCUT2D eigenvalue weighted by atomic mass is 9.92. The van der Waals surface area contributed by atoms with Crippen LogP contribution in [0.5, 0.6) is 0 Å². The fourth-order valence-electron chi connectivity index (χ4n) is 2.67. The van der Waals surface area contributed by atoms with Gasteiger partial charge in [0.05, 0.1) is 17.5 Å². The number of hydrogen-bond acceptors (Lipinski definition) is 2. The molecule has 0 unspecified atom stereocenters. The van der Waals surface area contributed by atoms with Crippen LogP contribution in [0.25, 0.3) is 0 Å². The Kier molecular flexibility index (Phi) is 4.28. The Morgan fingerprint density at radius 3 is 2.55 bits per heavy atom. The SMILES string of the molecule is O=C(O)CC1(NC(=O)c2ccc(Cl)cc2F)CCCC1. The molecular formula is C14H15ClFNO3. The van der Waals surface area contributed by atoms with Crippen LogP contribution in [0.15, 0.2) is 18.2 Å².